The first-order valence-corrected chi connectivity index (χ1v) is 9.64. The number of hydrogen-bond donors (Lipinski definition) is 3. The van der Waals surface area contributed by atoms with Crippen molar-refractivity contribution in [1.29, 1.82) is 0 Å². The van der Waals surface area contributed by atoms with Gasteiger partial charge in [-0.1, -0.05) is 18.6 Å². The summed E-state index contributed by atoms with van der Waals surface area (Å²) in [6, 6.07) is 7.79. The minimum Gasteiger partial charge on any atom is -0.494 e. The van der Waals surface area contributed by atoms with Crippen LogP contribution in [0.1, 0.15) is 57.6 Å². The summed E-state index contributed by atoms with van der Waals surface area (Å²) in [6.45, 7) is 6.07. The van der Waals surface area contributed by atoms with Gasteiger partial charge in [0.2, 0.25) is 5.91 Å². The topological polar surface area (TPSA) is 88.7 Å². The van der Waals surface area contributed by atoms with Gasteiger partial charge in [-0.15, -0.1) is 24.0 Å². The molecule has 0 aliphatic heterocycles. The number of nitrogens with one attached hydrogen (secondary N) is 2. The van der Waals surface area contributed by atoms with Crippen LogP contribution in [0.2, 0.25) is 0 Å². The number of hydrogen-bond acceptors (Lipinski definition) is 3. The number of benzene rings is 1. The summed E-state index contributed by atoms with van der Waals surface area (Å²) in [7, 11) is 0. The van der Waals surface area contributed by atoms with E-state index in [1.165, 1.54) is 19.3 Å². The third kappa shape index (κ3) is 8.81. The van der Waals surface area contributed by atoms with Gasteiger partial charge in [0.25, 0.3) is 0 Å². The van der Waals surface area contributed by atoms with Crippen molar-refractivity contribution in [3.8, 4) is 5.75 Å². The van der Waals surface area contributed by atoms with Crippen molar-refractivity contribution in [1.82, 2.24) is 10.6 Å². The first kappa shape index (κ1) is 23.5. The number of amides is 1. The Hall–Kier alpha value is -1.51. The average Bonchev–Trinajstić information content (AvgIpc) is 2.58. The van der Waals surface area contributed by atoms with Crippen molar-refractivity contribution < 1.29 is 9.53 Å². The van der Waals surface area contributed by atoms with Crippen molar-refractivity contribution in [2.45, 2.75) is 52.0 Å². The van der Waals surface area contributed by atoms with Gasteiger partial charge < -0.3 is 21.1 Å². The van der Waals surface area contributed by atoms with Crippen LogP contribution >= 0.6 is 24.0 Å². The molecule has 152 valence electrons. The number of halogens is 1. The standard InChI is InChI=1S/C20H32N4O2.HI/c1-3-26-18-11-9-17(10-12-18)15(2)24-19(25)8-5-13-22-20(21)23-14-16-6-4-7-16;/h9-12,15-16H,3-8,13-14H2,1-2H3,(H,24,25)(H3,21,22,23);1H. The molecular formula is C20H33IN4O2. The fourth-order valence-electron chi connectivity index (χ4n) is 2.84. The number of guanidine groups is 1. The van der Waals surface area contributed by atoms with E-state index in [-0.39, 0.29) is 35.9 Å². The van der Waals surface area contributed by atoms with Gasteiger partial charge >= 0.3 is 0 Å². The highest BCUT2D eigenvalue weighted by Gasteiger charge is 2.16. The Bertz CT molecular complexity index is 588. The van der Waals surface area contributed by atoms with Crippen LogP contribution in [0, 0.1) is 5.92 Å². The molecule has 1 aromatic carbocycles. The second kappa shape index (κ2) is 12.8. The fourth-order valence-corrected chi connectivity index (χ4v) is 2.84. The summed E-state index contributed by atoms with van der Waals surface area (Å²) in [5, 5.41) is 6.10. The first-order chi connectivity index (χ1) is 12.6. The highest BCUT2D eigenvalue weighted by atomic mass is 127. The summed E-state index contributed by atoms with van der Waals surface area (Å²) in [5.74, 6) is 2.08. The minimum absolute atomic E-state index is 0. The monoisotopic (exact) mass is 488 g/mol. The summed E-state index contributed by atoms with van der Waals surface area (Å²) in [5.41, 5.74) is 6.90. The molecule has 1 saturated carbocycles. The van der Waals surface area contributed by atoms with Crippen LogP contribution in [0.15, 0.2) is 29.3 Å². The molecule has 7 heteroatoms. The van der Waals surface area contributed by atoms with Gasteiger partial charge in [0, 0.05) is 19.5 Å². The van der Waals surface area contributed by atoms with Crippen molar-refractivity contribution in [2.24, 2.45) is 16.6 Å². The minimum atomic E-state index is -0.0276. The molecule has 6 nitrogen and oxygen atoms in total. The molecule has 0 spiro atoms. The van der Waals surface area contributed by atoms with E-state index in [9.17, 15) is 4.79 Å². The van der Waals surface area contributed by atoms with Crippen LogP contribution in [0.25, 0.3) is 0 Å². The van der Waals surface area contributed by atoms with E-state index in [0.717, 1.165) is 24.3 Å². The lowest BCUT2D eigenvalue weighted by atomic mass is 9.86. The Morgan fingerprint density at radius 1 is 1.33 bits per heavy atom. The van der Waals surface area contributed by atoms with Gasteiger partial charge in [-0.05, 0) is 56.7 Å². The van der Waals surface area contributed by atoms with Crippen LogP contribution in [-0.4, -0.2) is 31.6 Å². The fraction of sp³-hybridized carbons (Fsp3) is 0.600. The lowest BCUT2D eigenvalue weighted by Gasteiger charge is -2.23. The highest BCUT2D eigenvalue weighted by Crippen LogP contribution is 2.26. The van der Waals surface area contributed by atoms with Crippen LogP contribution in [0.4, 0.5) is 0 Å². The smallest absolute Gasteiger partial charge is 0.220 e. The summed E-state index contributed by atoms with van der Waals surface area (Å²) in [4.78, 5) is 16.4. The molecular weight excluding hydrogens is 455 g/mol. The first-order valence-electron chi connectivity index (χ1n) is 9.64. The molecule has 0 bridgehead atoms. The Morgan fingerprint density at radius 2 is 2.04 bits per heavy atom. The molecule has 0 heterocycles. The zero-order valence-electron chi connectivity index (χ0n) is 16.4. The maximum Gasteiger partial charge on any atom is 0.220 e. The van der Waals surface area contributed by atoms with Gasteiger partial charge in [-0.25, -0.2) is 0 Å². The summed E-state index contributed by atoms with van der Waals surface area (Å²) >= 11 is 0. The molecule has 0 saturated heterocycles. The number of nitrogens with two attached hydrogens (primary N) is 1. The molecule has 1 aliphatic carbocycles. The quantitative estimate of drug-likeness (QED) is 0.204. The lowest BCUT2D eigenvalue weighted by Crippen LogP contribution is -2.34. The maximum absolute atomic E-state index is 12.1. The number of carbonyl (C=O) groups excluding carboxylic acids is 1. The van der Waals surface area contributed by atoms with E-state index >= 15 is 0 Å². The van der Waals surface area contributed by atoms with Crippen molar-refractivity contribution in [3.63, 3.8) is 0 Å². The van der Waals surface area contributed by atoms with Gasteiger partial charge in [0.1, 0.15) is 5.75 Å². The van der Waals surface area contributed by atoms with Gasteiger partial charge in [-0.3, -0.25) is 9.79 Å². The zero-order chi connectivity index (χ0) is 18.8. The molecule has 1 amide bonds. The number of nitrogens with zero attached hydrogens (tertiary/aromatic N) is 1. The second-order valence-corrected chi connectivity index (χ2v) is 6.84. The Balaban J connectivity index is 0.00000364. The van der Waals surface area contributed by atoms with E-state index in [4.69, 9.17) is 10.5 Å². The molecule has 1 fully saturated rings. The second-order valence-electron chi connectivity index (χ2n) is 6.84. The Kier molecular flexibility index (Phi) is 11.2. The van der Waals surface area contributed by atoms with E-state index in [1.807, 2.05) is 38.1 Å². The predicted octanol–water partition coefficient (Wildman–Crippen LogP) is 3.37. The molecule has 1 aliphatic rings. The molecule has 0 radical (unpaired) electrons. The highest BCUT2D eigenvalue weighted by molar-refractivity contribution is 14.0. The van der Waals surface area contributed by atoms with Crippen molar-refractivity contribution >= 4 is 35.8 Å². The number of carbonyl (C=O) groups is 1. The summed E-state index contributed by atoms with van der Waals surface area (Å²) < 4.78 is 5.43. The molecule has 27 heavy (non-hydrogen) atoms. The van der Waals surface area contributed by atoms with Gasteiger partial charge in [0.05, 0.1) is 12.6 Å². The van der Waals surface area contributed by atoms with E-state index in [0.29, 0.717) is 31.4 Å². The Labute approximate surface area is 179 Å². The van der Waals surface area contributed by atoms with Crippen LogP contribution < -0.4 is 21.1 Å². The maximum atomic E-state index is 12.1. The number of aliphatic imine (C=N–C) groups is 1. The SMILES string of the molecule is CCOc1ccc(C(C)NC(=O)CCCNC(N)=NCC2CCC2)cc1.I. The lowest BCUT2D eigenvalue weighted by molar-refractivity contribution is -0.121. The average molecular weight is 488 g/mol. The predicted molar refractivity (Wildman–Crippen MR) is 121 cm³/mol. The number of rotatable bonds is 10. The van der Waals surface area contributed by atoms with Crippen molar-refractivity contribution in [3.05, 3.63) is 29.8 Å². The molecule has 1 aromatic rings. The van der Waals surface area contributed by atoms with Crippen LogP contribution in [-0.2, 0) is 4.79 Å². The van der Waals surface area contributed by atoms with Crippen LogP contribution in [0.5, 0.6) is 5.75 Å². The van der Waals surface area contributed by atoms with Crippen molar-refractivity contribution in [2.75, 3.05) is 19.7 Å². The number of ether oxygens (including phenoxy) is 1. The van der Waals surface area contributed by atoms with Gasteiger partial charge in [-0.2, -0.15) is 0 Å². The largest absolute Gasteiger partial charge is 0.494 e. The molecule has 1 atom stereocenters. The zero-order valence-corrected chi connectivity index (χ0v) is 18.7. The molecule has 2 rings (SSSR count). The van der Waals surface area contributed by atoms with Crippen LogP contribution in [0.3, 0.4) is 0 Å². The van der Waals surface area contributed by atoms with E-state index in [2.05, 4.69) is 15.6 Å². The Morgan fingerprint density at radius 3 is 2.63 bits per heavy atom. The molecule has 0 aromatic heterocycles. The van der Waals surface area contributed by atoms with E-state index < -0.39 is 0 Å². The normalized spacial score (nSPS) is 15.3. The van der Waals surface area contributed by atoms with Gasteiger partial charge in [0.15, 0.2) is 5.96 Å². The third-order valence-corrected chi connectivity index (χ3v) is 4.70. The summed E-state index contributed by atoms with van der Waals surface area (Å²) in [6.07, 6.45) is 5.04. The molecule has 1 unspecified atom stereocenters. The third-order valence-electron chi connectivity index (χ3n) is 4.70. The van der Waals surface area contributed by atoms with E-state index in [1.54, 1.807) is 0 Å². The molecule has 4 N–H and O–H groups in total.